The van der Waals surface area contributed by atoms with Crippen molar-refractivity contribution in [3.63, 3.8) is 0 Å². The first-order chi connectivity index (χ1) is 12.0. The molecule has 0 amide bonds. The van der Waals surface area contributed by atoms with E-state index in [0.717, 1.165) is 36.7 Å². The van der Waals surface area contributed by atoms with E-state index in [1.165, 1.54) is 0 Å². The van der Waals surface area contributed by atoms with Gasteiger partial charge in [-0.3, -0.25) is 0 Å². The summed E-state index contributed by atoms with van der Waals surface area (Å²) in [4.78, 5) is 25.2. The number of nitrogen functional groups attached to an aromatic ring is 1. The van der Waals surface area contributed by atoms with Crippen molar-refractivity contribution < 1.29 is 19.1 Å². The number of ether oxygens (including phenoxy) is 2. The van der Waals surface area contributed by atoms with Crippen LogP contribution in [0.15, 0.2) is 18.2 Å². The number of anilines is 1. The SMILES string of the molecule is CCOC(=O)n1c(C(=O)OC2CCCCC2)c(N)c2ccc(Cl)cc21. The number of nitrogens with two attached hydrogens (primary N) is 1. The summed E-state index contributed by atoms with van der Waals surface area (Å²) in [7, 11) is 0. The Labute approximate surface area is 150 Å². The molecule has 1 fully saturated rings. The number of esters is 1. The van der Waals surface area contributed by atoms with Gasteiger partial charge in [-0.15, -0.1) is 0 Å². The van der Waals surface area contributed by atoms with Crippen LogP contribution in [-0.4, -0.2) is 29.3 Å². The smallest absolute Gasteiger partial charge is 0.419 e. The maximum absolute atomic E-state index is 12.8. The quantitative estimate of drug-likeness (QED) is 0.817. The first-order valence-corrected chi connectivity index (χ1v) is 8.88. The topological polar surface area (TPSA) is 83.5 Å². The average molecular weight is 365 g/mol. The number of hydrogen-bond acceptors (Lipinski definition) is 5. The Hall–Kier alpha value is -2.21. The minimum absolute atomic E-state index is 0.00119. The maximum atomic E-state index is 12.8. The zero-order valence-electron chi connectivity index (χ0n) is 14.1. The molecule has 1 aromatic carbocycles. The Balaban J connectivity index is 2.05. The molecule has 3 rings (SSSR count). The van der Waals surface area contributed by atoms with Crippen LogP contribution >= 0.6 is 11.6 Å². The first kappa shape index (κ1) is 17.6. The number of hydrogen-bond donors (Lipinski definition) is 1. The zero-order valence-corrected chi connectivity index (χ0v) is 14.8. The molecule has 0 saturated heterocycles. The van der Waals surface area contributed by atoms with Crippen molar-refractivity contribution in [2.24, 2.45) is 0 Å². The van der Waals surface area contributed by atoms with E-state index in [2.05, 4.69) is 0 Å². The Kier molecular flexibility index (Phi) is 5.18. The third kappa shape index (κ3) is 3.44. The van der Waals surface area contributed by atoms with Crippen LogP contribution in [0.2, 0.25) is 5.02 Å². The second kappa shape index (κ2) is 7.35. The summed E-state index contributed by atoms with van der Waals surface area (Å²) in [5, 5.41) is 0.996. The fourth-order valence-electron chi connectivity index (χ4n) is 3.26. The molecule has 1 heterocycles. The molecular weight excluding hydrogens is 344 g/mol. The van der Waals surface area contributed by atoms with E-state index in [4.69, 9.17) is 26.8 Å². The summed E-state index contributed by atoms with van der Waals surface area (Å²) < 4.78 is 11.9. The molecule has 2 aromatic rings. The van der Waals surface area contributed by atoms with Crippen LogP contribution in [0, 0.1) is 0 Å². The van der Waals surface area contributed by atoms with Gasteiger partial charge in [0.2, 0.25) is 0 Å². The van der Waals surface area contributed by atoms with Gasteiger partial charge in [-0.25, -0.2) is 14.2 Å². The molecule has 0 radical (unpaired) electrons. The molecule has 1 saturated carbocycles. The largest absolute Gasteiger partial charge is 0.458 e. The number of halogens is 1. The van der Waals surface area contributed by atoms with Gasteiger partial charge in [-0.05, 0) is 50.8 Å². The molecule has 0 bridgehead atoms. The number of carbonyl (C=O) groups excluding carboxylic acids is 2. The predicted molar refractivity (Wildman–Crippen MR) is 96.1 cm³/mol. The molecule has 1 aliphatic carbocycles. The van der Waals surface area contributed by atoms with E-state index < -0.39 is 12.1 Å². The molecule has 2 N–H and O–H groups in total. The van der Waals surface area contributed by atoms with Crippen LogP contribution in [0.5, 0.6) is 0 Å². The minimum atomic E-state index is -0.679. The lowest BCUT2D eigenvalue weighted by molar-refractivity contribution is 0.0200. The molecule has 0 atom stereocenters. The number of carbonyl (C=O) groups is 2. The predicted octanol–water partition coefficient (Wildman–Crippen LogP) is 4.37. The second-order valence-electron chi connectivity index (χ2n) is 6.12. The highest BCUT2D eigenvalue weighted by Gasteiger charge is 2.29. The molecule has 0 aliphatic heterocycles. The summed E-state index contributed by atoms with van der Waals surface area (Å²) in [6.07, 6.45) is 4.06. The van der Waals surface area contributed by atoms with Crippen molar-refractivity contribution in [3.8, 4) is 0 Å². The van der Waals surface area contributed by atoms with Crippen molar-refractivity contribution in [1.82, 2.24) is 4.57 Å². The highest BCUT2D eigenvalue weighted by molar-refractivity contribution is 6.31. The highest BCUT2D eigenvalue weighted by Crippen LogP contribution is 2.32. The van der Waals surface area contributed by atoms with E-state index in [9.17, 15) is 9.59 Å². The van der Waals surface area contributed by atoms with Crippen molar-refractivity contribution in [1.29, 1.82) is 0 Å². The fraction of sp³-hybridized carbons (Fsp3) is 0.444. The van der Waals surface area contributed by atoms with Crippen molar-refractivity contribution in [2.75, 3.05) is 12.3 Å². The summed E-state index contributed by atoms with van der Waals surface area (Å²) in [5.74, 6) is -0.607. The second-order valence-corrected chi connectivity index (χ2v) is 6.56. The van der Waals surface area contributed by atoms with Gasteiger partial charge in [-0.2, -0.15) is 0 Å². The van der Waals surface area contributed by atoms with Gasteiger partial charge in [0.1, 0.15) is 6.10 Å². The van der Waals surface area contributed by atoms with Crippen molar-refractivity contribution in [2.45, 2.75) is 45.1 Å². The van der Waals surface area contributed by atoms with Gasteiger partial charge in [0.15, 0.2) is 5.69 Å². The summed E-state index contributed by atoms with van der Waals surface area (Å²) in [5.41, 5.74) is 6.78. The molecule has 7 heteroatoms. The third-order valence-electron chi connectivity index (χ3n) is 4.44. The van der Waals surface area contributed by atoms with Crippen LogP contribution in [0.25, 0.3) is 10.9 Å². The van der Waals surface area contributed by atoms with E-state index in [1.807, 2.05) is 0 Å². The average Bonchev–Trinajstić information content (AvgIpc) is 2.88. The van der Waals surface area contributed by atoms with Gasteiger partial charge in [0, 0.05) is 10.4 Å². The number of nitrogens with zero attached hydrogens (tertiary/aromatic N) is 1. The number of fused-ring (bicyclic) bond motifs is 1. The lowest BCUT2D eigenvalue weighted by atomic mass is 9.98. The molecule has 0 unspecified atom stereocenters. The monoisotopic (exact) mass is 364 g/mol. The molecular formula is C18H21ClN2O4. The number of rotatable bonds is 3. The maximum Gasteiger partial charge on any atom is 0.419 e. The number of benzene rings is 1. The highest BCUT2D eigenvalue weighted by atomic mass is 35.5. The Bertz CT molecular complexity index is 809. The lowest BCUT2D eigenvalue weighted by Gasteiger charge is -2.22. The third-order valence-corrected chi connectivity index (χ3v) is 4.67. The Morgan fingerprint density at radius 1 is 1.28 bits per heavy atom. The van der Waals surface area contributed by atoms with Gasteiger partial charge in [0.05, 0.1) is 17.8 Å². The first-order valence-electron chi connectivity index (χ1n) is 8.50. The molecule has 1 aromatic heterocycles. The van der Waals surface area contributed by atoms with Gasteiger partial charge in [-0.1, -0.05) is 18.0 Å². The molecule has 1 aliphatic rings. The summed E-state index contributed by atoms with van der Waals surface area (Å²) in [6.45, 7) is 1.87. The zero-order chi connectivity index (χ0) is 18.0. The van der Waals surface area contributed by atoms with Gasteiger partial charge < -0.3 is 15.2 Å². The normalized spacial score (nSPS) is 15.3. The molecule has 134 valence electrons. The molecule has 25 heavy (non-hydrogen) atoms. The van der Waals surface area contributed by atoms with Crippen LogP contribution < -0.4 is 5.73 Å². The Morgan fingerprint density at radius 2 is 2.00 bits per heavy atom. The van der Waals surface area contributed by atoms with Crippen LogP contribution in [0.1, 0.15) is 49.5 Å². The van der Waals surface area contributed by atoms with Crippen LogP contribution in [0.4, 0.5) is 10.5 Å². The standard InChI is InChI=1S/C18H21ClN2O4/c1-2-24-18(23)21-14-10-11(19)8-9-13(14)15(20)16(21)17(22)25-12-6-4-3-5-7-12/h8-10,12H,2-7,20H2,1H3. The summed E-state index contributed by atoms with van der Waals surface area (Å²) >= 11 is 6.05. The van der Waals surface area contributed by atoms with Crippen molar-refractivity contribution >= 4 is 40.3 Å². The van der Waals surface area contributed by atoms with E-state index in [-0.39, 0.29) is 24.1 Å². The van der Waals surface area contributed by atoms with E-state index in [0.29, 0.717) is 15.9 Å². The van der Waals surface area contributed by atoms with Gasteiger partial charge >= 0.3 is 12.1 Å². The van der Waals surface area contributed by atoms with Gasteiger partial charge in [0.25, 0.3) is 0 Å². The molecule has 6 nitrogen and oxygen atoms in total. The van der Waals surface area contributed by atoms with Crippen LogP contribution in [0.3, 0.4) is 0 Å². The summed E-state index contributed by atoms with van der Waals surface area (Å²) in [6, 6.07) is 4.92. The lowest BCUT2D eigenvalue weighted by Crippen LogP contribution is -2.25. The Morgan fingerprint density at radius 3 is 2.68 bits per heavy atom. The fourth-order valence-corrected chi connectivity index (χ4v) is 3.42. The van der Waals surface area contributed by atoms with E-state index >= 15 is 0 Å². The van der Waals surface area contributed by atoms with Crippen molar-refractivity contribution in [3.05, 3.63) is 28.9 Å². The van der Waals surface area contributed by atoms with Crippen LogP contribution in [-0.2, 0) is 9.47 Å². The number of aromatic nitrogens is 1. The van der Waals surface area contributed by atoms with E-state index in [1.54, 1.807) is 25.1 Å². The molecule has 0 spiro atoms. The minimum Gasteiger partial charge on any atom is -0.458 e.